The highest BCUT2D eigenvalue weighted by Crippen LogP contribution is 2.27. The number of benzene rings is 2. The van der Waals surface area contributed by atoms with E-state index in [1.807, 2.05) is 74.4 Å². The molecule has 1 atom stereocenters. The Bertz CT molecular complexity index is 1020. The molecule has 0 aliphatic heterocycles. The van der Waals surface area contributed by atoms with Gasteiger partial charge in [-0.25, -0.2) is 9.97 Å². The first-order valence-electron chi connectivity index (χ1n) is 10.4. The molecule has 6 heteroatoms. The second kappa shape index (κ2) is 9.67. The molecule has 1 unspecified atom stereocenters. The molecular weight excluding hydrogens is 374 g/mol. The van der Waals surface area contributed by atoms with Crippen molar-refractivity contribution in [2.45, 2.75) is 33.4 Å². The summed E-state index contributed by atoms with van der Waals surface area (Å²) in [5.41, 5.74) is 2.14. The van der Waals surface area contributed by atoms with Crippen LogP contribution in [0.4, 0.5) is 5.82 Å². The molecule has 1 heterocycles. The lowest BCUT2D eigenvalue weighted by Crippen LogP contribution is -2.42. The summed E-state index contributed by atoms with van der Waals surface area (Å²) in [5, 5.41) is 7.47. The van der Waals surface area contributed by atoms with Crippen molar-refractivity contribution < 1.29 is 4.79 Å². The van der Waals surface area contributed by atoms with Crippen LogP contribution in [-0.4, -0.2) is 47.6 Å². The van der Waals surface area contributed by atoms with Crippen molar-refractivity contribution in [3.63, 3.8) is 0 Å². The van der Waals surface area contributed by atoms with Crippen LogP contribution in [0.25, 0.3) is 22.3 Å². The lowest BCUT2D eigenvalue weighted by atomic mass is 10.1. The minimum Gasteiger partial charge on any atom is -0.369 e. The topological polar surface area (TPSA) is 70.2 Å². The monoisotopic (exact) mass is 405 g/mol. The predicted molar refractivity (Wildman–Crippen MR) is 124 cm³/mol. The van der Waals surface area contributed by atoms with Crippen molar-refractivity contribution in [3.8, 4) is 11.4 Å². The second-order valence-corrected chi connectivity index (χ2v) is 8.18. The number of para-hydroxylation sites is 1. The van der Waals surface area contributed by atoms with Crippen LogP contribution < -0.4 is 10.6 Å². The molecule has 0 aliphatic carbocycles. The third kappa shape index (κ3) is 5.13. The summed E-state index contributed by atoms with van der Waals surface area (Å²) >= 11 is 0. The van der Waals surface area contributed by atoms with E-state index in [4.69, 9.17) is 9.97 Å². The van der Waals surface area contributed by atoms with Gasteiger partial charge in [-0.15, -0.1) is 0 Å². The Hall–Kier alpha value is -2.99. The summed E-state index contributed by atoms with van der Waals surface area (Å²) in [6, 6.07) is 15.4. The van der Waals surface area contributed by atoms with E-state index >= 15 is 0 Å². The average molecular weight is 406 g/mol. The third-order valence-electron chi connectivity index (χ3n) is 5.14. The second-order valence-electron chi connectivity index (χ2n) is 8.18. The molecule has 158 valence electrons. The lowest BCUT2D eigenvalue weighted by molar-refractivity contribution is 0.0901. The van der Waals surface area contributed by atoms with Crippen LogP contribution in [0.15, 0.2) is 48.5 Å². The highest BCUT2D eigenvalue weighted by atomic mass is 16.1. The number of fused-ring (bicyclic) bond motifs is 1. The quantitative estimate of drug-likeness (QED) is 0.544. The zero-order valence-electron chi connectivity index (χ0n) is 18.4. The molecule has 3 rings (SSSR count). The van der Waals surface area contributed by atoms with Gasteiger partial charge in [0.1, 0.15) is 5.82 Å². The zero-order valence-corrected chi connectivity index (χ0v) is 18.4. The molecule has 0 spiro atoms. The summed E-state index contributed by atoms with van der Waals surface area (Å²) in [6.07, 6.45) is 0.964. The number of carbonyl (C=O) groups is 1. The van der Waals surface area contributed by atoms with E-state index in [-0.39, 0.29) is 12.1 Å². The van der Waals surface area contributed by atoms with E-state index in [9.17, 15) is 4.79 Å². The maximum absolute atomic E-state index is 12.9. The van der Waals surface area contributed by atoms with Gasteiger partial charge in [-0.05, 0) is 51.6 Å². The molecule has 0 aliphatic rings. The van der Waals surface area contributed by atoms with E-state index in [0.717, 1.165) is 35.2 Å². The number of rotatable bonds is 8. The zero-order chi connectivity index (χ0) is 21.7. The summed E-state index contributed by atoms with van der Waals surface area (Å²) in [5.74, 6) is 1.81. The Balaban J connectivity index is 2.01. The number of amides is 1. The molecule has 0 fully saturated rings. The summed E-state index contributed by atoms with van der Waals surface area (Å²) in [4.78, 5) is 24.5. The largest absolute Gasteiger partial charge is 0.369 e. The van der Waals surface area contributed by atoms with Gasteiger partial charge in [0.15, 0.2) is 5.82 Å². The van der Waals surface area contributed by atoms with E-state index in [2.05, 4.69) is 24.5 Å². The van der Waals surface area contributed by atoms with Crippen molar-refractivity contribution in [3.05, 3.63) is 54.1 Å². The van der Waals surface area contributed by atoms with Crippen LogP contribution in [0.5, 0.6) is 0 Å². The summed E-state index contributed by atoms with van der Waals surface area (Å²) in [6.45, 7) is 7.19. The van der Waals surface area contributed by atoms with Gasteiger partial charge in [0.2, 0.25) is 0 Å². The van der Waals surface area contributed by atoms with Gasteiger partial charge >= 0.3 is 0 Å². The minimum absolute atomic E-state index is 0.0867. The number of nitrogens with one attached hydrogen (secondary N) is 2. The van der Waals surface area contributed by atoms with Gasteiger partial charge in [0.05, 0.1) is 17.2 Å². The third-order valence-corrected chi connectivity index (χ3v) is 5.14. The average Bonchev–Trinajstić information content (AvgIpc) is 2.73. The van der Waals surface area contributed by atoms with Gasteiger partial charge in [-0.2, -0.15) is 0 Å². The van der Waals surface area contributed by atoms with E-state index < -0.39 is 0 Å². The summed E-state index contributed by atoms with van der Waals surface area (Å²) < 4.78 is 0. The number of carbonyl (C=O) groups excluding carboxylic acids is 1. The molecule has 6 nitrogen and oxygen atoms in total. The maximum atomic E-state index is 12.9. The number of hydrogen-bond donors (Lipinski definition) is 2. The van der Waals surface area contributed by atoms with Gasteiger partial charge in [0.25, 0.3) is 5.91 Å². The Morgan fingerprint density at radius 2 is 1.70 bits per heavy atom. The van der Waals surface area contributed by atoms with Crippen LogP contribution in [0.2, 0.25) is 0 Å². The normalized spacial score (nSPS) is 12.4. The van der Waals surface area contributed by atoms with Crippen LogP contribution in [0, 0.1) is 5.92 Å². The van der Waals surface area contributed by atoms with Crippen molar-refractivity contribution in [2.24, 2.45) is 5.92 Å². The molecule has 2 N–H and O–H groups in total. The van der Waals surface area contributed by atoms with Crippen LogP contribution in [-0.2, 0) is 0 Å². The van der Waals surface area contributed by atoms with Crippen LogP contribution >= 0.6 is 0 Å². The molecule has 30 heavy (non-hydrogen) atoms. The first-order valence-corrected chi connectivity index (χ1v) is 10.4. The molecule has 0 saturated heterocycles. The van der Waals surface area contributed by atoms with E-state index in [1.165, 1.54) is 0 Å². The minimum atomic E-state index is -0.141. The van der Waals surface area contributed by atoms with Crippen molar-refractivity contribution in [2.75, 3.05) is 26.0 Å². The molecule has 0 radical (unpaired) electrons. The number of anilines is 1. The van der Waals surface area contributed by atoms with Gasteiger partial charge < -0.3 is 10.6 Å². The molecule has 2 aromatic carbocycles. The van der Waals surface area contributed by atoms with Gasteiger partial charge in [-0.1, -0.05) is 44.2 Å². The van der Waals surface area contributed by atoms with E-state index in [1.54, 1.807) is 0 Å². The standard InChI is InChI=1S/C24H31N5O/c1-16(2)14-15-25-22-20-12-8-9-13-21(20)27-23(28-22)18-10-6-7-11-19(18)24(30)26-17(3)29(4)5/h6-13,16-17H,14-15H2,1-5H3,(H,26,30)(H,25,27,28). The first-order chi connectivity index (χ1) is 14.4. The molecule has 0 saturated carbocycles. The van der Waals surface area contributed by atoms with Crippen LogP contribution in [0.1, 0.15) is 37.6 Å². The van der Waals surface area contributed by atoms with Crippen molar-refractivity contribution in [1.82, 2.24) is 20.2 Å². The van der Waals surface area contributed by atoms with Gasteiger partial charge in [-0.3, -0.25) is 9.69 Å². The SMILES string of the molecule is CC(C)CCNc1nc(-c2ccccc2C(=O)NC(C)N(C)C)nc2ccccc12. The number of nitrogens with zero attached hydrogens (tertiary/aromatic N) is 3. The highest BCUT2D eigenvalue weighted by molar-refractivity contribution is 6.01. The smallest absolute Gasteiger partial charge is 0.253 e. The van der Waals surface area contributed by atoms with E-state index in [0.29, 0.717) is 17.3 Å². The first kappa shape index (κ1) is 21.7. The fourth-order valence-corrected chi connectivity index (χ4v) is 3.08. The van der Waals surface area contributed by atoms with Crippen LogP contribution in [0.3, 0.4) is 0 Å². The lowest BCUT2D eigenvalue weighted by Gasteiger charge is -2.21. The fraction of sp³-hybridized carbons (Fsp3) is 0.375. The molecule has 3 aromatic rings. The Morgan fingerprint density at radius 1 is 1.00 bits per heavy atom. The highest BCUT2D eigenvalue weighted by Gasteiger charge is 2.18. The van der Waals surface area contributed by atoms with Gasteiger partial charge in [0, 0.05) is 17.5 Å². The molecule has 1 amide bonds. The Kier molecular flexibility index (Phi) is 7.00. The Morgan fingerprint density at radius 3 is 2.43 bits per heavy atom. The number of hydrogen-bond acceptors (Lipinski definition) is 5. The van der Waals surface area contributed by atoms with Crippen molar-refractivity contribution >= 4 is 22.6 Å². The maximum Gasteiger partial charge on any atom is 0.253 e. The Labute approximate surface area is 178 Å². The van der Waals surface area contributed by atoms with Crippen molar-refractivity contribution in [1.29, 1.82) is 0 Å². The summed E-state index contributed by atoms with van der Waals surface area (Å²) in [7, 11) is 3.86. The number of aromatic nitrogens is 2. The fourth-order valence-electron chi connectivity index (χ4n) is 3.08. The molecule has 1 aromatic heterocycles. The molecular formula is C24H31N5O. The molecule has 0 bridgehead atoms. The predicted octanol–water partition coefficient (Wildman–Crippen LogP) is 4.39.